The number of nitrogens with one attached hydrogen (secondary N) is 1. The van der Waals surface area contributed by atoms with Gasteiger partial charge in [-0.2, -0.15) is 0 Å². The average Bonchev–Trinajstić information content (AvgIpc) is 3.44. The van der Waals surface area contributed by atoms with Crippen LogP contribution in [0.2, 0.25) is 0 Å². The molecule has 3 aromatic heterocycles. The molecule has 1 N–H and O–H groups in total. The quantitative estimate of drug-likeness (QED) is 0.282. The van der Waals surface area contributed by atoms with E-state index in [0.717, 1.165) is 4.70 Å². The minimum Gasteiger partial charge on any atom is -0.494 e. The number of carbonyl (C=O) groups excluding carboxylic acids is 1. The first-order valence-electron chi connectivity index (χ1n) is 9.94. The van der Waals surface area contributed by atoms with Crippen molar-refractivity contribution in [3.8, 4) is 5.75 Å². The summed E-state index contributed by atoms with van der Waals surface area (Å²) in [6.07, 6.45) is 1.64. The summed E-state index contributed by atoms with van der Waals surface area (Å²) >= 11 is 2.61. The van der Waals surface area contributed by atoms with Gasteiger partial charge in [0, 0.05) is 6.54 Å². The average molecular weight is 479 g/mol. The summed E-state index contributed by atoms with van der Waals surface area (Å²) < 4.78 is 9.56. The van der Waals surface area contributed by atoms with E-state index in [1.807, 2.05) is 36.4 Å². The normalized spacial score (nSPS) is 11.3. The van der Waals surface area contributed by atoms with Crippen molar-refractivity contribution in [3.05, 3.63) is 65.5 Å². The van der Waals surface area contributed by atoms with Gasteiger partial charge in [-0.15, -0.1) is 16.8 Å². The van der Waals surface area contributed by atoms with Gasteiger partial charge in [-0.05, 0) is 24.3 Å². The van der Waals surface area contributed by atoms with Crippen molar-refractivity contribution in [3.63, 3.8) is 0 Å². The molecule has 11 heteroatoms. The van der Waals surface area contributed by atoms with E-state index in [1.54, 1.807) is 23.7 Å². The third kappa shape index (κ3) is 3.74. The van der Waals surface area contributed by atoms with Crippen molar-refractivity contribution in [1.82, 2.24) is 24.1 Å². The number of hydrogen-bond acceptors (Lipinski definition) is 8. The fourth-order valence-electron chi connectivity index (χ4n) is 3.55. The molecule has 0 radical (unpaired) electrons. The number of thiazole rings is 1. The summed E-state index contributed by atoms with van der Waals surface area (Å²) in [4.78, 5) is 30.0. The van der Waals surface area contributed by atoms with Crippen LogP contribution >= 0.6 is 23.1 Å². The molecule has 0 atom stereocenters. The number of hydrogen-bond donors (Lipinski definition) is 1. The molecule has 0 fully saturated rings. The molecular formula is C22H18N6O3S2. The van der Waals surface area contributed by atoms with E-state index in [2.05, 4.69) is 27.1 Å². The van der Waals surface area contributed by atoms with Crippen molar-refractivity contribution < 1.29 is 9.53 Å². The zero-order chi connectivity index (χ0) is 22.9. The number of thioether (sulfide) groups is 1. The Morgan fingerprint density at radius 1 is 1.24 bits per heavy atom. The Morgan fingerprint density at radius 3 is 2.91 bits per heavy atom. The third-order valence-electron chi connectivity index (χ3n) is 4.97. The maximum Gasteiger partial charge on any atom is 0.263 e. The van der Waals surface area contributed by atoms with Crippen LogP contribution in [-0.2, 0) is 11.3 Å². The lowest BCUT2D eigenvalue weighted by atomic mass is 10.2. The zero-order valence-corrected chi connectivity index (χ0v) is 19.2. The molecule has 0 unspecified atom stereocenters. The van der Waals surface area contributed by atoms with E-state index in [9.17, 15) is 9.59 Å². The number of benzene rings is 2. The predicted octanol–water partition coefficient (Wildman–Crippen LogP) is 3.58. The predicted molar refractivity (Wildman–Crippen MR) is 130 cm³/mol. The van der Waals surface area contributed by atoms with Gasteiger partial charge in [0.15, 0.2) is 10.3 Å². The largest absolute Gasteiger partial charge is 0.494 e. The number of para-hydroxylation sites is 2. The number of aromatic nitrogens is 5. The first-order valence-corrected chi connectivity index (χ1v) is 11.7. The molecule has 3 heterocycles. The van der Waals surface area contributed by atoms with Crippen LogP contribution < -0.4 is 15.6 Å². The number of anilines is 1. The summed E-state index contributed by atoms with van der Waals surface area (Å²) in [5.74, 6) is 0.937. The number of ether oxygens (including phenoxy) is 1. The van der Waals surface area contributed by atoms with E-state index < -0.39 is 0 Å². The summed E-state index contributed by atoms with van der Waals surface area (Å²) in [5, 5.41) is 12.8. The number of methoxy groups -OCH3 is 1. The molecule has 0 saturated heterocycles. The SMILES string of the molecule is C=CCn1c(=O)c2ccccc2n2c(SCC(=O)Nc3nc4c(OC)cccc4s3)nnc12. The Kier molecular flexibility index (Phi) is 5.56. The molecule has 0 bridgehead atoms. The molecule has 0 saturated carbocycles. The van der Waals surface area contributed by atoms with E-state index in [1.165, 1.54) is 27.7 Å². The van der Waals surface area contributed by atoms with E-state index in [-0.39, 0.29) is 17.2 Å². The minimum atomic E-state index is -0.224. The third-order valence-corrected chi connectivity index (χ3v) is 6.84. The summed E-state index contributed by atoms with van der Waals surface area (Å²) in [7, 11) is 1.59. The molecule has 0 aliphatic heterocycles. The summed E-state index contributed by atoms with van der Waals surface area (Å²) in [6.45, 7) is 4.03. The number of rotatable bonds is 7. The summed E-state index contributed by atoms with van der Waals surface area (Å²) in [5.41, 5.74) is 1.23. The van der Waals surface area contributed by atoms with Crippen LogP contribution in [-0.4, -0.2) is 42.9 Å². The van der Waals surface area contributed by atoms with Crippen LogP contribution in [0, 0.1) is 0 Å². The fourth-order valence-corrected chi connectivity index (χ4v) is 5.19. The molecule has 5 rings (SSSR count). The van der Waals surface area contributed by atoms with Gasteiger partial charge in [-0.3, -0.25) is 18.6 Å². The highest BCUT2D eigenvalue weighted by atomic mass is 32.2. The number of amides is 1. The van der Waals surface area contributed by atoms with Crippen LogP contribution in [0.1, 0.15) is 0 Å². The van der Waals surface area contributed by atoms with E-state index in [4.69, 9.17) is 4.74 Å². The number of fused-ring (bicyclic) bond motifs is 4. The van der Waals surface area contributed by atoms with Crippen molar-refractivity contribution in [2.75, 3.05) is 18.2 Å². The lowest BCUT2D eigenvalue weighted by molar-refractivity contribution is -0.113. The van der Waals surface area contributed by atoms with Crippen molar-refractivity contribution in [2.24, 2.45) is 0 Å². The molecule has 1 amide bonds. The minimum absolute atomic E-state index is 0.1000. The van der Waals surface area contributed by atoms with Crippen LogP contribution in [0.5, 0.6) is 5.75 Å². The van der Waals surface area contributed by atoms with Crippen LogP contribution in [0.4, 0.5) is 5.13 Å². The molecule has 2 aromatic carbocycles. The van der Waals surface area contributed by atoms with E-state index >= 15 is 0 Å². The Labute approximate surface area is 195 Å². The van der Waals surface area contributed by atoms with Gasteiger partial charge < -0.3 is 10.1 Å². The highest BCUT2D eigenvalue weighted by Gasteiger charge is 2.18. The fraction of sp³-hybridized carbons (Fsp3) is 0.136. The lowest BCUT2D eigenvalue weighted by Gasteiger charge is -2.09. The Morgan fingerprint density at radius 2 is 2.09 bits per heavy atom. The van der Waals surface area contributed by atoms with Crippen molar-refractivity contribution in [2.45, 2.75) is 11.7 Å². The Balaban J connectivity index is 1.42. The van der Waals surface area contributed by atoms with Crippen LogP contribution in [0.15, 0.2) is 65.1 Å². The highest BCUT2D eigenvalue weighted by Crippen LogP contribution is 2.32. The van der Waals surface area contributed by atoms with Crippen molar-refractivity contribution >= 4 is 61.0 Å². The lowest BCUT2D eigenvalue weighted by Crippen LogP contribution is -2.22. The highest BCUT2D eigenvalue weighted by molar-refractivity contribution is 7.99. The molecule has 0 spiro atoms. The molecule has 0 aliphatic rings. The second-order valence-corrected chi connectivity index (χ2v) is 8.98. The monoisotopic (exact) mass is 478 g/mol. The molecule has 0 aliphatic carbocycles. The zero-order valence-electron chi connectivity index (χ0n) is 17.5. The van der Waals surface area contributed by atoms with Gasteiger partial charge in [0.05, 0.1) is 28.5 Å². The summed E-state index contributed by atoms with van der Waals surface area (Å²) in [6, 6.07) is 12.9. The molecule has 5 aromatic rings. The maximum absolute atomic E-state index is 12.9. The number of carbonyl (C=O) groups is 1. The van der Waals surface area contributed by atoms with Gasteiger partial charge in [-0.1, -0.05) is 47.4 Å². The van der Waals surface area contributed by atoms with Gasteiger partial charge in [0.25, 0.3) is 5.56 Å². The molecular weight excluding hydrogens is 460 g/mol. The van der Waals surface area contributed by atoms with Crippen molar-refractivity contribution in [1.29, 1.82) is 0 Å². The van der Waals surface area contributed by atoms with Gasteiger partial charge in [0.2, 0.25) is 11.7 Å². The maximum atomic E-state index is 12.9. The van der Waals surface area contributed by atoms with Gasteiger partial charge in [0.1, 0.15) is 11.3 Å². The molecule has 166 valence electrons. The van der Waals surface area contributed by atoms with Crippen LogP contribution in [0.25, 0.3) is 26.9 Å². The number of nitrogens with zero attached hydrogens (tertiary/aromatic N) is 5. The van der Waals surface area contributed by atoms with Crippen LogP contribution in [0.3, 0.4) is 0 Å². The molecule has 9 nitrogen and oxygen atoms in total. The molecule has 33 heavy (non-hydrogen) atoms. The Hall–Kier alpha value is -3.70. The van der Waals surface area contributed by atoms with Gasteiger partial charge in [-0.25, -0.2) is 4.98 Å². The Bertz CT molecular complexity index is 1590. The standard InChI is InChI=1S/C22H18N6O3S2/c1-3-11-27-19(30)13-7-4-5-8-14(13)28-21(27)25-26-22(28)32-12-17(29)23-20-24-18-15(31-2)9-6-10-16(18)33-20/h3-10H,1,11-12H2,2H3,(H,23,24,29). The first-order chi connectivity index (χ1) is 16.1. The second-order valence-electron chi connectivity index (χ2n) is 7.00. The smallest absolute Gasteiger partial charge is 0.263 e. The van der Waals surface area contributed by atoms with E-state index in [0.29, 0.717) is 44.8 Å². The second kappa shape index (κ2) is 8.68. The first kappa shape index (κ1) is 21.2. The topological polar surface area (TPSA) is 103 Å². The number of allylic oxidation sites excluding steroid dienone is 1. The van der Waals surface area contributed by atoms with Gasteiger partial charge >= 0.3 is 0 Å².